The highest BCUT2D eigenvalue weighted by atomic mass is 16.5. The Bertz CT molecular complexity index is 335. The smallest absolute Gasteiger partial charge is 0.309 e. The number of nitrogens with two attached hydrogens (primary N) is 1. The number of carbonyl (C=O) groups excluding carboxylic acids is 1. The van der Waals surface area contributed by atoms with Gasteiger partial charge in [-0.3, -0.25) is 4.79 Å². The predicted molar refractivity (Wildman–Crippen MR) is 61.0 cm³/mol. The van der Waals surface area contributed by atoms with E-state index < -0.39 is 0 Å². The molecule has 4 heteroatoms. The van der Waals surface area contributed by atoms with Crippen molar-refractivity contribution in [2.45, 2.75) is 12.8 Å². The van der Waals surface area contributed by atoms with Gasteiger partial charge in [0.1, 0.15) is 5.75 Å². The van der Waals surface area contributed by atoms with Crippen LogP contribution in [0.2, 0.25) is 0 Å². The Morgan fingerprint density at radius 2 is 2.06 bits per heavy atom. The molecule has 1 atom stereocenters. The van der Waals surface area contributed by atoms with Crippen molar-refractivity contribution >= 4 is 5.97 Å². The third-order valence-electron chi connectivity index (χ3n) is 2.47. The molecular formula is C12H17NO3. The van der Waals surface area contributed by atoms with Gasteiger partial charge in [-0.15, -0.1) is 0 Å². The van der Waals surface area contributed by atoms with Gasteiger partial charge in [0.2, 0.25) is 0 Å². The number of benzene rings is 1. The van der Waals surface area contributed by atoms with Gasteiger partial charge in [-0.1, -0.05) is 12.1 Å². The standard InChI is InChI=1S/C12H17NO3/c1-16-12(15)10(6-7-13)8-9-2-4-11(14)5-3-9/h2-5,10,14H,6-8,13H2,1H3. The summed E-state index contributed by atoms with van der Waals surface area (Å²) >= 11 is 0. The van der Waals surface area contributed by atoms with Crippen molar-refractivity contribution < 1.29 is 14.6 Å². The molecule has 16 heavy (non-hydrogen) atoms. The van der Waals surface area contributed by atoms with E-state index in [9.17, 15) is 4.79 Å². The number of hydrogen-bond donors (Lipinski definition) is 2. The average molecular weight is 223 g/mol. The molecule has 88 valence electrons. The first-order valence-corrected chi connectivity index (χ1v) is 5.23. The Balaban J connectivity index is 2.67. The first-order chi connectivity index (χ1) is 7.67. The van der Waals surface area contributed by atoms with E-state index in [0.29, 0.717) is 19.4 Å². The highest BCUT2D eigenvalue weighted by molar-refractivity contribution is 5.72. The maximum Gasteiger partial charge on any atom is 0.309 e. The lowest BCUT2D eigenvalue weighted by atomic mass is 9.96. The molecule has 0 aromatic heterocycles. The van der Waals surface area contributed by atoms with Crippen molar-refractivity contribution in [3.63, 3.8) is 0 Å². The lowest BCUT2D eigenvalue weighted by Crippen LogP contribution is -2.21. The van der Waals surface area contributed by atoms with Crippen molar-refractivity contribution in [1.82, 2.24) is 0 Å². The van der Waals surface area contributed by atoms with Gasteiger partial charge < -0.3 is 15.6 Å². The van der Waals surface area contributed by atoms with Gasteiger partial charge in [0.05, 0.1) is 13.0 Å². The quantitative estimate of drug-likeness (QED) is 0.732. The fourth-order valence-corrected chi connectivity index (χ4v) is 1.59. The van der Waals surface area contributed by atoms with Gasteiger partial charge in [0.15, 0.2) is 0 Å². The highest BCUT2D eigenvalue weighted by Crippen LogP contribution is 2.16. The van der Waals surface area contributed by atoms with E-state index in [4.69, 9.17) is 15.6 Å². The number of hydrogen-bond acceptors (Lipinski definition) is 4. The fraction of sp³-hybridized carbons (Fsp3) is 0.417. The van der Waals surface area contributed by atoms with Crippen LogP contribution in [0, 0.1) is 5.92 Å². The van der Waals surface area contributed by atoms with Gasteiger partial charge in [-0.05, 0) is 37.1 Å². The van der Waals surface area contributed by atoms with E-state index in [1.807, 2.05) is 0 Å². The number of esters is 1. The summed E-state index contributed by atoms with van der Waals surface area (Å²) in [5, 5.41) is 9.14. The molecule has 0 fully saturated rings. The summed E-state index contributed by atoms with van der Waals surface area (Å²) in [6.45, 7) is 0.456. The molecule has 1 rings (SSSR count). The lowest BCUT2D eigenvalue weighted by Gasteiger charge is -2.13. The normalized spacial score (nSPS) is 12.1. The number of methoxy groups -OCH3 is 1. The molecule has 1 aromatic carbocycles. The molecule has 4 nitrogen and oxygen atoms in total. The molecule has 1 unspecified atom stereocenters. The molecule has 0 aliphatic heterocycles. The first-order valence-electron chi connectivity index (χ1n) is 5.23. The van der Waals surface area contributed by atoms with Gasteiger partial charge in [0.25, 0.3) is 0 Å². The van der Waals surface area contributed by atoms with E-state index in [2.05, 4.69) is 0 Å². The van der Waals surface area contributed by atoms with Crippen LogP contribution >= 0.6 is 0 Å². The maximum absolute atomic E-state index is 11.4. The van der Waals surface area contributed by atoms with Gasteiger partial charge in [-0.2, -0.15) is 0 Å². The van der Waals surface area contributed by atoms with Crippen LogP contribution in [0.15, 0.2) is 24.3 Å². The zero-order valence-corrected chi connectivity index (χ0v) is 9.35. The van der Waals surface area contributed by atoms with Crippen LogP contribution < -0.4 is 5.73 Å². The van der Waals surface area contributed by atoms with E-state index in [-0.39, 0.29) is 17.6 Å². The molecular weight excluding hydrogens is 206 g/mol. The maximum atomic E-state index is 11.4. The number of rotatable bonds is 5. The second-order valence-corrected chi connectivity index (χ2v) is 3.67. The van der Waals surface area contributed by atoms with E-state index >= 15 is 0 Å². The minimum absolute atomic E-state index is 0.209. The fourth-order valence-electron chi connectivity index (χ4n) is 1.59. The van der Waals surface area contributed by atoms with Crippen molar-refractivity contribution in [1.29, 1.82) is 0 Å². The molecule has 1 aromatic rings. The molecule has 3 N–H and O–H groups in total. The number of phenols is 1. The van der Waals surface area contributed by atoms with E-state index in [1.54, 1.807) is 24.3 Å². The van der Waals surface area contributed by atoms with Crippen LogP contribution in [-0.2, 0) is 16.0 Å². The summed E-state index contributed by atoms with van der Waals surface area (Å²) < 4.78 is 4.72. The van der Waals surface area contributed by atoms with Crippen LogP contribution in [0.3, 0.4) is 0 Å². The molecule has 0 bridgehead atoms. The molecule has 0 amide bonds. The van der Waals surface area contributed by atoms with Gasteiger partial charge in [-0.25, -0.2) is 0 Å². The van der Waals surface area contributed by atoms with E-state index in [0.717, 1.165) is 5.56 Å². The monoisotopic (exact) mass is 223 g/mol. The van der Waals surface area contributed by atoms with Gasteiger partial charge in [0, 0.05) is 0 Å². The number of carbonyl (C=O) groups is 1. The molecule has 0 aliphatic rings. The SMILES string of the molecule is COC(=O)C(CCN)Cc1ccc(O)cc1. The van der Waals surface area contributed by atoms with Crippen molar-refractivity contribution in [3.05, 3.63) is 29.8 Å². The summed E-state index contributed by atoms with van der Waals surface area (Å²) in [4.78, 5) is 11.4. The number of aromatic hydroxyl groups is 1. The molecule has 0 saturated heterocycles. The largest absolute Gasteiger partial charge is 0.508 e. The lowest BCUT2D eigenvalue weighted by molar-refractivity contribution is -0.145. The third-order valence-corrected chi connectivity index (χ3v) is 2.47. The second-order valence-electron chi connectivity index (χ2n) is 3.67. The summed E-state index contributed by atoms with van der Waals surface area (Å²) in [7, 11) is 1.38. The topological polar surface area (TPSA) is 72.5 Å². The molecule has 0 heterocycles. The Morgan fingerprint density at radius 3 is 2.56 bits per heavy atom. The zero-order valence-electron chi connectivity index (χ0n) is 9.35. The molecule has 0 radical (unpaired) electrons. The van der Waals surface area contributed by atoms with Crippen LogP contribution in [-0.4, -0.2) is 24.7 Å². The summed E-state index contributed by atoms with van der Waals surface area (Å²) in [5.41, 5.74) is 6.44. The van der Waals surface area contributed by atoms with Crippen LogP contribution in [0.4, 0.5) is 0 Å². The van der Waals surface area contributed by atoms with Crippen LogP contribution in [0.5, 0.6) is 5.75 Å². The van der Waals surface area contributed by atoms with Crippen molar-refractivity contribution in [3.8, 4) is 5.75 Å². The average Bonchev–Trinajstić information content (AvgIpc) is 2.30. The Labute approximate surface area is 95.0 Å². The Kier molecular flexibility index (Phi) is 4.79. The molecule has 0 spiro atoms. The van der Waals surface area contributed by atoms with Crippen molar-refractivity contribution in [2.75, 3.05) is 13.7 Å². The molecule has 0 aliphatic carbocycles. The van der Waals surface area contributed by atoms with Crippen molar-refractivity contribution in [2.24, 2.45) is 11.7 Å². The number of ether oxygens (including phenoxy) is 1. The summed E-state index contributed by atoms with van der Waals surface area (Å²) in [5.74, 6) is -0.227. The van der Waals surface area contributed by atoms with Crippen LogP contribution in [0.25, 0.3) is 0 Å². The predicted octanol–water partition coefficient (Wildman–Crippen LogP) is 1.07. The third kappa shape index (κ3) is 3.55. The van der Waals surface area contributed by atoms with E-state index in [1.165, 1.54) is 7.11 Å². The second kappa shape index (κ2) is 6.12. The first kappa shape index (κ1) is 12.5. The highest BCUT2D eigenvalue weighted by Gasteiger charge is 2.18. The van der Waals surface area contributed by atoms with Gasteiger partial charge >= 0.3 is 5.97 Å². The molecule has 0 saturated carbocycles. The minimum atomic E-state index is -0.237. The number of phenolic OH excluding ortho intramolecular Hbond substituents is 1. The Hall–Kier alpha value is -1.55. The summed E-state index contributed by atoms with van der Waals surface area (Å²) in [6.07, 6.45) is 1.19. The van der Waals surface area contributed by atoms with Crippen LogP contribution in [0.1, 0.15) is 12.0 Å². The minimum Gasteiger partial charge on any atom is -0.508 e. The zero-order chi connectivity index (χ0) is 12.0. The summed E-state index contributed by atoms with van der Waals surface area (Å²) in [6, 6.07) is 6.79. The Morgan fingerprint density at radius 1 is 1.44 bits per heavy atom.